The van der Waals surface area contributed by atoms with Gasteiger partial charge in [0.25, 0.3) is 0 Å². The SMILES string of the molecule is Cc1nn(C)c2c1[C@H](c1ccc3c(c1)OCCO3)SCC(=O)N2. The van der Waals surface area contributed by atoms with Gasteiger partial charge in [-0.1, -0.05) is 6.07 Å². The summed E-state index contributed by atoms with van der Waals surface area (Å²) in [5.74, 6) is 2.72. The lowest BCUT2D eigenvalue weighted by Crippen LogP contribution is -2.15. The van der Waals surface area contributed by atoms with Crippen molar-refractivity contribution < 1.29 is 14.3 Å². The molecule has 1 atom stereocenters. The summed E-state index contributed by atoms with van der Waals surface area (Å²) in [6.45, 7) is 3.11. The van der Waals surface area contributed by atoms with Crippen LogP contribution in [0.3, 0.4) is 0 Å². The van der Waals surface area contributed by atoms with Gasteiger partial charge in [0, 0.05) is 12.6 Å². The average molecular weight is 331 g/mol. The van der Waals surface area contributed by atoms with Crippen LogP contribution in [0, 0.1) is 6.92 Å². The summed E-state index contributed by atoms with van der Waals surface area (Å²) in [7, 11) is 1.85. The second kappa shape index (κ2) is 5.49. The van der Waals surface area contributed by atoms with Gasteiger partial charge in [-0.25, -0.2) is 0 Å². The van der Waals surface area contributed by atoms with Crippen molar-refractivity contribution in [1.29, 1.82) is 0 Å². The molecule has 1 amide bonds. The van der Waals surface area contributed by atoms with E-state index in [1.807, 2.05) is 32.2 Å². The molecule has 2 aliphatic heterocycles. The number of carbonyl (C=O) groups excluding carboxylic acids is 1. The molecule has 0 saturated heterocycles. The smallest absolute Gasteiger partial charge is 0.235 e. The molecule has 0 saturated carbocycles. The lowest BCUT2D eigenvalue weighted by Gasteiger charge is -2.21. The van der Waals surface area contributed by atoms with E-state index in [2.05, 4.69) is 10.4 Å². The molecule has 6 nitrogen and oxygen atoms in total. The zero-order chi connectivity index (χ0) is 16.0. The topological polar surface area (TPSA) is 65.4 Å². The molecule has 1 aromatic carbocycles. The van der Waals surface area contributed by atoms with Gasteiger partial charge in [-0.15, -0.1) is 11.8 Å². The molecule has 2 aliphatic rings. The lowest BCUT2D eigenvalue weighted by molar-refractivity contribution is -0.113. The van der Waals surface area contributed by atoms with Gasteiger partial charge in [-0.05, 0) is 24.6 Å². The van der Waals surface area contributed by atoms with Gasteiger partial charge in [0.1, 0.15) is 19.0 Å². The molecule has 0 aliphatic carbocycles. The number of hydrogen-bond donors (Lipinski definition) is 1. The molecular weight excluding hydrogens is 314 g/mol. The van der Waals surface area contributed by atoms with E-state index < -0.39 is 0 Å². The molecule has 0 unspecified atom stereocenters. The van der Waals surface area contributed by atoms with Gasteiger partial charge in [0.15, 0.2) is 11.5 Å². The van der Waals surface area contributed by atoms with Crippen LogP contribution in [0.4, 0.5) is 5.82 Å². The van der Waals surface area contributed by atoms with E-state index in [0.717, 1.165) is 34.1 Å². The maximum absolute atomic E-state index is 12.0. The van der Waals surface area contributed by atoms with Crippen molar-refractivity contribution in [1.82, 2.24) is 9.78 Å². The highest BCUT2D eigenvalue weighted by Gasteiger charge is 2.30. The second-order valence-electron chi connectivity index (χ2n) is 5.61. The monoisotopic (exact) mass is 331 g/mol. The summed E-state index contributed by atoms with van der Waals surface area (Å²) >= 11 is 1.60. The maximum Gasteiger partial charge on any atom is 0.235 e. The number of anilines is 1. The standard InChI is InChI=1S/C16H17N3O3S/c1-9-14-15(23-8-13(20)17-16(14)19(2)18-9)10-3-4-11-12(7-10)22-6-5-21-11/h3-4,7,15H,5-6,8H2,1-2H3,(H,17,20)/t15-/m0/s1. The predicted octanol–water partition coefficient (Wildman–Crippen LogP) is 2.27. The molecule has 3 heterocycles. The van der Waals surface area contributed by atoms with Crippen molar-refractivity contribution in [3.63, 3.8) is 0 Å². The summed E-state index contributed by atoms with van der Waals surface area (Å²) in [6.07, 6.45) is 0. The van der Waals surface area contributed by atoms with E-state index in [1.54, 1.807) is 16.4 Å². The van der Waals surface area contributed by atoms with Gasteiger partial charge in [0.2, 0.25) is 5.91 Å². The minimum Gasteiger partial charge on any atom is -0.486 e. The number of aromatic nitrogens is 2. The van der Waals surface area contributed by atoms with Crippen LogP contribution in [-0.4, -0.2) is 34.7 Å². The largest absolute Gasteiger partial charge is 0.486 e. The Morgan fingerprint density at radius 3 is 2.91 bits per heavy atom. The van der Waals surface area contributed by atoms with E-state index in [4.69, 9.17) is 9.47 Å². The Balaban J connectivity index is 1.81. The van der Waals surface area contributed by atoms with E-state index in [0.29, 0.717) is 19.0 Å². The average Bonchev–Trinajstić information content (AvgIpc) is 2.72. The van der Waals surface area contributed by atoms with Crippen LogP contribution in [0.15, 0.2) is 18.2 Å². The molecule has 23 heavy (non-hydrogen) atoms. The number of nitrogens with one attached hydrogen (secondary N) is 1. The van der Waals surface area contributed by atoms with Crippen molar-refractivity contribution in [2.75, 3.05) is 24.3 Å². The summed E-state index contributed by atoms with van der Waals surface area (Å²) < 4.78 is 13.0. The van der Waals surface area contributed by atoms with E-state index >= 15 is 0 Å². The van der Waals surface area contributed by atoms with Crippen LogP contribution in [0.25, 0.3) is 0 Å². The predicted molar refractivity (Wildman–Crippen MR) is 88.3 cm³/mol. The zero-order valence-corrected chi connectivity index (χ0v) is 13.8. The van der Waals surface area contributed by atoms with Gasteiger partial charge in [-0.2, -0.15) is 5.10 Å². The Bertz CT molecular complexity index is 787. The number of ether oxygens (including phenoxy) is 2. The third-order valence-electron chi connectivity index (χ3n) is 4.04. The number of amides is 1. The zero-order valence-electron chi connectivity index (χ0n) is 13.0. The molecule has 1 aromatic heterocycles. The molecule has 120 valence electrons. The first kappa shape index (κ1) is 14.4. The summed E-state index contributed by atoms with van der Waals surface area (Å²) in [4.78, 5) is 12.0. The molecule has 0 fully saturated rings. The van der Waals surface area contributed by atoms with E-state index in [9.17, 15) is 4.79 Å². The number of rotatable bonds is 1. The van der Waals surface area contributed by atoms with Crippen LogP contribution >= 0.6 is 11.8 Å². The Morgan fingerprint density at radius 2 is 2.09 bits per heavy atom. The summed E-state index contributed by atoms with van der Waals surface area (Å²) in [5.41, 5.74) is 3.07. The molecule has 0 radical (unpaired) electrons. The van der Waals surface area contributed by atoms with Crippen LogP contribution in [-0.2, 0) is 11.8 Å². The molecule has 0 bridgehead atoms. The number of thioether (sulfide) groups is 1. The number of carbonyl (C=O) groups is 1. The summed E-state index contributed by atoms with van der Waals surface area (Å²) in [6, 6.07) is 5.99. The highest BCUT2D eigenvalue weighted by atomic mass is 32.2. The van der Waals surface area contributed by atoms with Crippen molar-refractivity contribution in [2.24, 2.45) is 7.05 Å². The van der Waals surface area contributed by atoms with Gasteiger partial charge in [0.05, 0.1) is 16.7 Å². The van der Waals surface area contributed by atoms with E-state index in [-0.39, 0.29) is 11.2 Å². The van der Waals surface area contributed by atoms with Gasteiger partial charge >= 0.3 is 0 Å². The number of benzene rings is 1. The molecule has 4 rings (SSSR count). The Labute approximate surface area is 138 Å². The third kappa shape index (κ3) is 2.45. The molecule has 1 N–H and O–H groups in total. The van der Waals surface area contributed by atoms with Crippen molar-refractivity contribution in [3.05, 3.63) is 35.0 Å². The lowest BCUT2D eigenvalue weighted by atomic mass is 10.0. The normalized spacial score (nSPS) is 19.7. The first-order valence-electron chi connectivity index (χ1n) is 7.48. The highest BCUT2D eigenvalue weighted by molar-refractivity contribution is 8.00. The van der Waals surface area contributed by atoms with Crippen LogP contribution in [0.1, 0.15) is 22.1 Å². The fourth-order valence-corrected chi connectivity index (χ4v) is 4.21. The number of fused-ring (bicyclic) bond motifs is 2. The number of nitrogens with zero attached hydrogens (tertiary/aromatic N) is 2. The Hall–Kier alpha value is -2.15. The first-order valence-corrected chi connectivity index (χ1v) is 8.53. The molecule has 2 aromatic rings. The van der Waals surface area contributed by atoms with Crippen molar-refractivity contribution >= 4 is 23.5 Å². The van der Waals surface area contributed by atoms with Crippen molar-refractivity contribution in [2.45, 2.75) is 12.2 Å². The Morgan fingerprint density at radius 1 is 1.30 bits per heavy atom. The second-order valence-corrected chi connectivity index (χ2v) is 6.71. The fraction of sp³-hybridized carbons (Fsp3) is 0.375. The molecule has 7 heteroatoms. The molecular formula is C16H17N3O3S. The Kier molecular flexibility index (Phi) is 3.45. The third-order valence-corrected chi connectivity index (χ3v) is 5.31. The molecule has 0 spiro atoms. The minimum atomic E-state index is -0.000654. The van der Waals surface area contributed by atoms with Crippen LogP contribution in [0.2, 0.25) is 0 Å². The highest BCUT2D eigenvalue weighted by Crippen LogP contribution is 2.45. The van der Waals surface area contributed by atoms with E-state index in [1.165, 1.54) is 0 Å². The first-order chi connectivity index (χ1) is 11.1. The fourth-order valence-electron chi connectivity index (χ4n) is 3.03. The van der Waals surface area contributed by atoms with Crippen LogP contribution < -0.4 is 14.8 Å². The van der Waals surface area contributed by atoms with Crippen LogP contribution in [0.5, 0.6) is 11.5 Å². The minimum absolute atomic E-state index is 0.000654. The maximum atomic E-state index is 12.0. The summed E-state index contributed by atoms with van der Waals surface area (Å²) in [5, 5.41) is 7.46. The van der Waals surface area contributed by atoms with Crippen molar-refractivity contribution in [3.8, 4) is 11.5 Å². The number of aryl methyl sites for hydroxylation is 2. The quantitative estimate of drug-likeness (QED) is 0.868. The van der Waals surface area contributed by atoms with Gasteiger partial charge < -0.3 is 14.8 Å². The number of hydrogen-bond acceptors (Lipinski definition) is 5. The van der Waals surface area contributed by atoms with Gasteiger partial charge in [-0.3, -0.25) is 9.48 Å².